The molecule has 62 valence electrons. The van der Waals surface area contributed by atoms with E-state index >= 15 is 0 Å². The number of hydrogen-bond donors (Lipinski definition) is 0. The van der Waals surface area contributed by atoms with Crippen molar-refractivity contribution in [1.82, 2.24) is 0 Å². The molecular formula is C12H14. The SMILES string of the molecule is c1ccc(C2CCC3CC32)cc1. The van der Waals surface area contributed by atoms with Crippen LogP contribution < -0.4 is 0 Å². The molecule has 0 amide bonds. The Kier molecular flexibility index (Phi) is 1.31. The van der Waals surface area contributed by atoms with Crippen LogP contribution in [0.2, 0.25) is 0 Å². The molecule has 0 bridgehead atoms. The van der Waals surface area contributed by atoms with Crippen molar-refractivity contribution in [3.8, 4) is 0 Å². The third-order valence-corrected chi connectivity index (χ3v) is 3.57. The second kappa shape index (κ2) is 2.35. The van der Waals surface area contributed by atoms with Crippen molar-refractivity contribution >= 4 is 0 Å². The molecule has 2 aliphatic rings. The van der Waals surface area contributed by atoms with Gasteiger partial charge in [-0.1, -0.05) is 30.3 Å². The minimum atomic E-state index is 0.913. The molecule has 0 heteroatoms. The van der Waals surface area contributed by atoms with Crippen LogP contribution in [0.3, 0.4) is 0 Å². The van der Waals surface area contributed by atoms with Gasteiger partial charge in [-0.25, -0.2) is 0 Å². The van der Waals surface area contributed by atoms with E-state index < -0.39 is 0 Å². The molecule has 2 aliphatic carbocycles. The standard InChI is InChI=1S/C12H14/c1-2-4-9(5-3-1)11-7-6-10-8-12(10)11/h1-5,10-12H,6-8H2. The van der Waals surface area contributed by atoms with E-state index in [1.165, 1.54) is 19.3 Å². The zero-order chi connectivity index (χ0) is 7.97. The van der Waals surface area contributed by atoms with Crippen LogP contribution in [0.15, 0.2) is 30.3 Å². The maximum atomic E-state index is 2.30. The average Bonchev–Trinajstić information content (AvgIpc) is 2.80. The summed E-state index contributed by atoms with van der Waals surface area (Å²) in [5.74, 6) is 3.08. The summed E-state index contributed by atoms with van der Waals surface area (Å²) in [4.78, 5) is 0. The highest BCUT2D eigenvalue weighted by Crippen LogP contribution is 2.59. The van der Waals surface area contributed by atoms with E-state index in [4.69, 9.17) is 0 Å². The quantitative estimate of drug-likeness (QED) is 0.588. The highest BCUT2D eigenvalue weighted by molar-refractivity contribution is 5.24. The molecule has 0 N–H and O–H groups in total. The molecule has 0 aliphatic heterocycles. The van der Waals surface area contributed by atoms with E-state index in [9.17, 15) is 0 Å². The van der Waals surface area contributed by atoms with Crippen molar-refractivity contribution in [3.63, 3.8) is 0 Å². The van der Waals surface area contributed by atoms with Gasteiger partial charge in [-0.05, 0) is 42.6 Å². The topological polar surface area (TPSA) is 0 Å². The molecule has 1 aromatic carbocycles. The summed E-state index contributed by atoms with van der Waals surface area (Å²) in [6, 6.07) is 11.1. The highest BCUT2D eigenvalue weighted by atomic mass is 14.5. The van der Waals surface area contributed by atoms with E-state index in [-0.39, 0.29) is 0 Å². The van der Waals surface area contributed by atoms with Gasteiger partial charge in [0.2, 0.25) is 0 Å². The smallest absolute Gasteiger partial charge is 0.0131 e. The van der Waals surface area contributed by atoms with Crippen LogP contribution in [0, 0.1) is 11.8 Å². The number of hydrogen-bond acceptors (Lipinski definition) is 0. The van der Waals surface area contributed by atoms with Crippen LogP contribution in [0.4, 0.5) is 0 Å². The predicted octanol–water partition coefficient (Wildman–Crippen LogP) is 3.20. The number of benzene rings is 1. The van der Waals surface area contributed by atoms with Gasteiger partial charge >= 0.3 is 0 Å². The van der Waals surface area contributed by atoms with Crippen LogP contribution in [-0.4, -0.2) is 0 Å². The molecule has 0 spiro atoms. The van der Waals surface area contributed by atoms with Gasteiger partial charge in [0.25, 0.3) is 0 Å². The molecule has 0 aromatic heterocycles. The summed E-state index contributed by atoms with van der Waals surface area (Å²) in [5, 5.41) is 0. The summed E-state index contributed by atoms with van der Waals surface area (Å²) in [6.07, 6.45) is 4.45. The largest absolute Gasteiger partial charge is 0.0622 e. The first-order valence-electron chi connectivity index (χ1n) is 5.00. The van der Waals surface area contributed by atoms with Gasteiger partial charge in [-0.2, -0.15) is 0 Å². The minimum absolute atomic E-state index is 0.913. The second-order valence-corrected chi connectivity index (χ2v) is 4.25. The molecule has 2 fully saturated rings. The molecule has 3 atom stereocenters. The van der Waals surface area contributed by atoms with Crippen molar-refractivity contribution in [2.45, 2.75) is 25.2 Å². The molecule has 12 heavy (non-hydrogen) atoms. The predicted molar refractivity (Wildman–Crippen MR) is 50.0 cm³/mol. The van der Waals surface area contributed by atoms with E-state index in [1.807, 2.05) is 0 Å². The van der Waals surface area contributed by atoms with Crippen LogP contribution in [0.5, 0.6) is 0 Å². The van der Waals surface area contributed by atoms with Crippen molar-refractivity contribution < 1.29 is 0 Å². The van der Waals surface area contributed by atoms with Gasteiger partial charge in [0, 0.05) is 0 Å². The summed E-state index contributed by atoms with van der Waals surface area (Å²) in [6.45, 7) is 0. The Balaban J connectivity index is 1.89. The van der Waals surface area contributed by atoms with Crippen molar-refractivity contribution in [1.29, 1.82) is 0 Å². The first-order chi connectivity index (χ1) is 5.95. The Morgan fingerprint density at radius 1 is 1.00 bits per heavy atom. The Morgan fingerprint density at radius 3 is 2.42 bits per heavy atom. The van der Waals surface area contributed by atoms with E-state index in [2.05, 4.69) is 30.3 Å². The fourth-order valence-electron chi connectivity index (χ4n) is 2.82. The van der Waals surface area contributed by atoms with Gasteiger partial charge in [0.1, 0.15) is 0 Å². The Hall–Kier alpha value is -0.780. The van der Waals surface area contributed by atoms with Crippen LogP contribution >= 0.6 is 0 Å². The van der Waals surface area contributed by atoms with Crippen molar-refractivity contribution in [3.05, 3.63) is 35.9 Å². The summed E-state index contributed by atoms with van der Waals surface area (Å²) >= 11 is 0. The van der Waals surface area contributed by atoms with Crippen LogP contribution in [0.1, 0.15) is 30.7 Å². The molecule has 0 radical (unpaired) electrons. The summed E-state index contributed by atoms with van der Waals surface area (Å²) in [5.41, 5.74) is 1.59. The third-order valence-electron chi connectivity index (χ3n) is 3.57. The van der Waals surface area contributed by atoms with Gasteiger partial charge in [0.15, 0.2) is 0 Å². The molecule has 0 heterocycles. The first kappa shape index (κ1) is 6.71. The van der Waals surface area contributed by atoms with Crippen molar-refractivity contribution in [2.75, 3.05) is 0 Å². The van der Waals surface area contributed by atoms with Gasteiger partial charge in [-0.15, -0.1) is 0 Å². The van der Waals surface area contributed by atoms with Crippen molar-refractivity contribution in [2.24, 2.45) is 11.8 Å². The lowest BCUT2D eigenvalue weighted by atomic mass is 9.94. The normalized spacial score (nSPS) is 37.8. The average molecular weight is 158 g/mol. The fourth-order valence-corrected chi connectivity index (χ4v) is 2.82. The molecular weight excluding hydrogens is 144 g/mol. The second-order valence-electron chi connectivity index (χ2n) is 4.25. The van der Waals surface area contributed by atoms with Crippen LogP contribution in [0.25, 0.3) is 0 Å². The molecule has 3 rings (SSSR count). The van der Waals surface area contributed by atoms with Gasteiger partial charge < -0.3 is 0 Å². The minimum Gasteiger partial charge on any atom is -0.0622 e. The molecule has 0 nitrogen and oxygen atoms in total. The van der Waals surface area contributed by atoms with Gasteiger partial charge in [-0.3, -0.25) is 0 Å². The Morgan fingerprint density at radius 2 is 1.83 bits per heavy atom. The Bertz CT molecular complexity index is 275. The molecule has 2 saturated carbocycles. The maximum Gasteiger partial charge on any atom is -0.0131 e. The molecule has 0 saturated heterocycles. The lowest BCUT2D eigenvalue weighted by Crippen LogP contribution is -1.95. The number of fused-ring (bicyclic) bond motifs is 1. The maximum absolute atomic E-state index is 2.30. The highest BCUT2D eigenvalue weighted by Gasteiger charge is 2.48. The zero-order valence-corrected chi connectivity index (χ0v) is 7.24. The van der Waals surface area contributed by atoms with Crippen LogP contribution in [-0.2, 0) is 0 Å². The lowest BCUT2D eigenvalue weighted by Gasteiger charge is -2.10. The van der Waals surface area contributed by atoms with Gasteiger partial charge in [0.05, 0.1) is 0 Å². The summed E-state index contributed by atoms with van der Waals surface area (Å²) < 4.78 is 0. The molecule has 3 unspecified atom stereocenters. The molecule has 1 aromatic rings. The van der Waals surface area contributed by atoms with E-state index in [0.29, 0.717) is 0 Å². The summed E-state index contributed by atoms with van der Waals surface area (Å²) in [7, 11) is 0. The third kappa shape index (κ3) is 0.906. The fraction of sp³-hybridized carbons (Fsp3) is 0.500. The number of rotatable bonds is 1. The van der Waals surface area contributed by atoms with E-state index in [1.54, 1.807) is 5.56 Å². The Labute approximate surface area is 73.6 Å². The zero-order valence-electron chi connectivity index (χ0n) is 7.24. The monoisotopic (exact) mass is 158 g/mol. The first-order valence-corrected chi connectivity index (χ1v) is 5.00. The van der Waals surface area contributed by atoms with E-state index in [0.717, 1.165) is 17.8 Å². The lowest BCUT2D eigenvalue weighted by molar-refractivity contribution is 0.626.